The summed E-state index contributed by atoms with van der Waals surface area (Å²) in [5.41, 5.74) is 0.822. The summed E-state index contributed by atoms with van der Waals surface area (Å²) in [6.07, 6.45) is 0.720. The van der Waals surface area contributed by atoms with Crippen molar-refractivity contribution in [1.82, 2.24) is 10.2 Å². The number of methoxy groups -OCH3 is 2. The fourth-order valence-electron chi connectivity index (χ4n) is 2.44. The van der Waals surface area contributed by atoms with E-state index in [0.29, 0.717) is 16.0 Å². The van der Waals surface area contributed by atoms with Crippen LogP contribution in [0.25, 0.3) is 0 Å². The molecule has 0 amide bonds. The summed E-state index contributed by atoms with van der Waals surface area (Å²) in [5.74, 6) is 0.720. The Labute approximate surface area is 127 Å². The van der Waals surface area contributed by atoms with Crippen molar-refractivity contribution < 1.29 is 13.9 Å². The topological polar surface area (TPSA) is 33.7 Å². The molecule has 0 unspecified atom stereocenters. The second kappa shape index (κ2) is 7.24. The van der Waals surface area contributed by atoms with Gasteiger partial charge in [0.2, 0.25) is 0 Å². The maximum atomic E-state index is 13.9. The number of halogens is 2. The number of benzene rings is 1. The van der Waals surface area contributed by atoms with Crippen molar-refractivity contribution in [2.24, 2.45) is 0 Å². The second-order valence-corrected chi connectivity index (χ2v) is 5.52. The van der Waals surface area contributed by atoms with E-state index in [1.807, 2.05) is 0 Å². The highest BCUT2D eigenvalue weighted by molar-refractivity contribution is 9.10. The molecular weight excluding hydrogens is 327 g/mol. The Balaban J connectivity index is 2.18. The number of piperazine rings is 1. The predicted molar refractivity (Wildman–Crippen MR) is 80.2 cm³/mol. The van der Waals surface area contributed by atoms with Crippen LogP contribution in [0, 0.1) is 5.82 Å². The molecule has 20 heavy (non-hydrogen) atoms. The number of rotatable bonds is 5. The van der Waals surface area contributed by atoms with Gasteiger partial charge < -0.3 is 19.7 Å². The van der Waals surface area contributed by atoms with Crippen LogP contribution in [0.2, 0.25) is 0 Å². The zero-order chi connectivity index (χ0) is 14.5. The van der Waals surface area contributed by atoms with Gasteiger partial charge in [-0.15, -0.1) is 0 Å². The number of ether oxygens (including phenoxy) is 2. The molecule has 0 aliphatic carbocycles. The van der Waals surface area contributed by atoms with E-state index in [0.717, 1.165) is 44.7 Å². The van der Waals surface area contributed by atoms with Gasteiger partial charge in [0.05, 0.1) is 18.7 Å². The maximum Gasteiger partial charge on any atom is 0.165 e. The third-order valence-corrected chi connectivity index (χ3v) is 4.40. The Kier molecular flexibility index (Phi) is 5.63. The van der Waals surface area contributed by atoms with Gasteiger partial charge in [0, 0.05) is 44.4 Å². The van der Waals surface area contributed by atoms with Gasteiger partial charge >= 0.3 is 0 Å². The van der Waals surface area contributed by atoms with Crippen LogP contribution >= 0.6 is 15.9 Å². The van der Waals surface area contributed by atoms with E-state index in [2.05, 4.69) is 26.1 Å². The first kappa shape index (κ1) is 15.5. The number of nitrogens with one attached hydrogen (secondary N) is 1. The molecule has 1 N–H and O–H groups in total. The smallest absolute Gasteiger partial charge is 0.165 e. The lowest BCUT2D eigenvalue weighted by Crippen LogP contribution is -2.44. The summed E-state index contributed by atoms with van der Waals surface area (Å²) in [5, 5.41) is 3.32. The molecule has 1 aliphatic heterocycles. The van der Waals surface area contributed by atoms with Gasteiger partial charge in [0.15, 0.2) is 11.5 Å². The largest absolute Gasteiger partial charge is 0.493 e. The van der Waals surface area contributed by atoms with E-state index in [1.165, 1.54) is 13.2 Å². The monoisotopic (exact) mass is 346 g/mol. The first-order valence-electron chi connectivity index (χ1n) is 6.69. The van der Waals surface area contributed by atoms with Crippen molar-refractivity contribution in [3.63, 3.8) is 0 Å². The second-order valence-electron chi connectivity index (χ2n) is 4.73. The third-order valence-electron chi connectivity index (χ3n) is 3.54. The van der Waals surface area contributed by atoms with Gasteiger partial charge in [-0.05, 0) is 22.4 Å². The average molecular weight is 347 g/mol. The molecule has 1 aromatic carbocycles. The third kappa shape index (κ3) is 3.42. The van der Waals surface area contributed by atoms with E-state index >= 15 is 0 Å². The lowest BCUT2D eigenvalue weighted by molar-refractivity contribution is 0.242. The molecular formula is C14H20BrFN2O2. The molecule has 2 rings (SSSR count). The van der Waals surface area contributed by atoms with Crippen LogP contribution in [0.1, 0.15) is 5.56 Å². The molecule has 0 radical (unpaired) electrons. The van der Waals surface area contributed by atoms with Crippen molar-refractivity contribution >= 4 is 15.9 Å². The molecule has 6 heteroatoms. The number of nitrogens with zero attached hydrogens (tertiary/aromatic N) is 1. The van der Waals surface area contributed by atoms with Gasteiger partial charge in [-0.1, -0.05) is 0 Å². The Morgan fingerprint density at radius 1 is 1.30 bits per heavy atom. The van der Waals surface area contributed by atoms with Crippen molar-refractivity contribution in [2.75, 3.05) is 46.9 Å². The molecule has 1 aliphatic rings. The molecule has 1 fully saturated rings. The molecule has 1 aromatic rings. The summed E-state index contributed by atoms with van der Waals surface area (Å²) in [6.45, 7) is 4.93. The van der Waals surface area contributed by atoms with Crippen LogP contribution in [-0.2, 0) is 6.42 Å². The van der Waals surface area contributed by atoms with Crippen LogP contribution in [0.5, 0.6) is 11.5 Å². The van der Waals surface area contributed by atoms with Crippen LogP contribution in [0.15, 0.2) is 10.5 Å². The van der Waals surface area contributed by atoms with Gasteiger partial charge in [-0.2, -0.15) is 0 Å². The summed E-state index contributed by atoms with van der Waals surface area (Å²) in [6, 6.07) is 1.34. The Morgan fingerprint density at radius 2 is 2.00 bits per heavy atom. The van der Waals surface area contributed by atoms with Gasteiger partial charge in [-0.3, -0.25) is 0 Å². The highest BCUT2D eigenvalue weighted by atomic mass is 79.9. The molecule has 0 saturated carbocycles. The van der Waals surface area contributed by atoms with Crippen LogP contribution in [0.4, 0.5) is 4.39 Å². The lowest BCUT2D eigenvalue weighted by Gasteiger charge is -2.27. The van der Waals surface area contributed by atoms with Crippen LogP contribution < -0.4 is 14.8 Å². The van der Waals surface area contributed by atoms with Gasteiger partial charge in [0.1, 0.15) is 5.82 Å². The quantitative estimate of drug-likeness (QED) is 0.884. The van der Waals surface area contributed by atoms with E-state index in [4.69, 9.17) is 9.47 Å². The Morgan fingerprint density at radius 3 is 2.60 bits per heavy atom. The standard InChI is InChI=1S/C14H20BrFN2O2/c1-19-12-9-11(16)13(15)10(14(12)20-2)3-6-18-7-4-17-5-8-18/h9,17H,3-8H2,1-2H3. The van der Waals surface area contributed by atoms with Crippen molar-refractivity contribution in [2.45, 2.75) is 6.42 Å². The van der Waals surface area contributed by atoms with E-state index in [9.17, 15) is 4.39 Å². The Bertz CT molecular complexity index is 465. The molecule has 4 nitrogen and oxygen atoms in total. The summed E-state index contributed by atoms with van der Waals surface area (Å²) < 4.78 is 25.0. The van der Waals surface area contributed by atoms with Crippen molar-refractivity contribution in [3.8, 4) is 11.5 Å². The number of hydrogen-bond acceptors (Lipinski definition) is 4. The minimum absolute atomic E-state index is 0.321. The van der Waals surface area contributed by atoms with Gasteiger partial charge in [-0.25, -0.2) is 4.39 Å². The minimum Gasteiger partial charge on any atom is -0.493 e. The van der Waals surface area contributed by atoms with E-state index in [-0.39, 0.29) is 5.82 Å². The Hall–Kier alpha value is -0.850. The van der Waals surface area contributed by atoms with Crippen LogP contribution in [-0.4, -0.2) is 51.8 Å². The summed E-state index contributed by atoms with van der Waals surface area (Å²) in [7, 11) is 3.10. The molecule has 0 atom stereocenters. The van der Waals surface area contributed by atoms with E-state index in [1.54, 1.807) is 7.11 Å². The van der Waals surface area contributed by atoms with Crippen LogP contribution in [0.3, 0.4) is 0 Å². The zero-order valence-corrected chi connectivity index (χ0v) is 13.4. The molecule has 112 valence electrons. The first-order chi connectivity index (χ1) is 9.67. The van der Waals surface area contributed by atoms with Crippen molar-refractivity contribution in [1.29, 1.82) is 0 Å². The maximum absolute atomic E-state index is 13.9. The van der Waals surface area contributed by atoms with E-state index < -0.39 is 0 Å². The molecule has 1 saturated heterocycles. The lowest BCUT2D eigenvalue weighted by atomic mass is 10.1. The van der Waals surface area contributed by atoms with Crippen molar-refractivity contribution in [3.05, 3.63) is 21.9 Å². The molecule has 1 heterocycles. The average Bonchev–Trinajstić information content (AvgIpc) is 2.49. The summed E-state index contributed by atoms with van der Waals surface area (Å²) >= 11 is 3.32. The predicted octanol–water partition coefficient (Wildman–Crippen LogP) is 2.05. The van der Waals surface area contributed by atoms with Gasteiger partial charge in [0.25, 0.3) is 0 Å². The fourth-order valence-corrected chi connectivity index (χ4v) is 2.93. The first-order valence-corrected chi connectivity index (χ1v) is 7.48. The number of hydrogen-bond donors (Lipinski definition) is 1. The molecule has 0 bridgehead atoms. The normalized spacial score (nSPS) is 16.2. The fraction of sp³-hybridized carbons (Fsp3) is 0.571. The highest BCUT2D eigenvalue weighted by Crippen LogP contribution is 2.38. The molecule has 0 aromatic heterocycles. The minimum atomic E-state index is -0.321. The summed E-state index contributed by atoms with van der Waals surface area (Å²) in [4.78, 5) is 2.36. The SMILES string of the molecule is COc1cc(F)c(Br)c(CCN2CCNCC2)c1OC. The zero-order valence-electron chi connectivity index (χ0n) is 11.8. The molecule has 0 spiro atoms. The highest BCUT2D eigenvalue weighted by Gasteiger charge is 2.19.